The molecule has 0 aliphatic heterocycles. The lowest BCUT2D eigenvalue weighted by molar-refractivity contribution is -0.162. The Balaban J connectivity index is 2.29. The van der Waals surface area contributed by atoms with Gasteiger partial charge in [0, 0.05) is 14.1 Å². The van der Waals surface area contributed by atoms with Crippen LogP contribution in [0.1, 0.15) is 20.7 Å². The fourth-order valence-corrected chi connectivity index (χ4v) is 2.25. The third-order valence-electron chi connectivity index (χ3n) is 3.69. The third-order valence-corrected chi connectivity index (χ3v) is 3.69. The number of rotatable bonds is 7. The van der Waals surface area contributed by atoms with Crippen LogP contribution < -0.4 is 0 Å². The zero-order valence-electron chi connectivity index (χ0n) is 15.3. The number of esters is 2. The molecule has 0 saturated carbocycles. The van der Waals surface area contributed by atoms with Gasteiger partial charge < -0.3 is 19.5 Å². The minimum Gasteiger partial charge on any atom is -0.478 e. The number of carboxylic acid groups (broad SMARTS) is 1. The van der Waals surface area contributed by atoms with E-state index >= 15 is 0 Å². The van der Waals surface area contributed by atoms with Crippen molar-refractivity contribution >= 4 is 23.8 Å². The summed E-state index contributed by atoms with van der Waals surface area (Å²) in [7, 11) is 2.73. The number of ether oxygens (including phenoxy) is 2. The second-order valence-corrected chi connectivity index (χ2v) is 5.95. The van der Waals surface area contributed by atoms with Crippen molar-refractivity contribution in [3.63, 3.8) is 0 Å². The third kappa shape index (κ3) is 5.16. The lowest BCUT2D eigenvalue weighted by Gasteiger charge is -2.25. The highest BCUT2D eigenvalue weighted by Gasteiger charge is 2.41. The van der Waals surface area contributed by atoms with Crippen LogP contribution >= 0.6 is 0 Å². The van der Waals surface area contributed by atoms with Crippen LogP contribution in [0.3, 0.4) is 0 Å². The van der Waals surface area contributed by atoms with E-state index in [0.717, 1.165) is 4.90 Å². The Kier molecular flexibility index (Phi) is 6.86. The molecule has 2 aromatic carbocycles. The zero-order valence-corrected chi connectivity index (χ0v) is 15.3. The fourth-order valence-electron chi connectivity index (χ4n) is 2.25. The quantitative estimate of drug-likeness (QED) is 0.721. The molecule has 1 amide bonds. The Morgan fingerprint density at radius 2 is 1.14 bits per heavy atom. The molecule has 0 aliphatic rings. The van der Waals surface area contributed by atoms with E-state index in [2.05, 4.69) is 0 Å². The number of likely N-dealkylation sites (N-methyl/N-ethyl adjacent to an activating group) is 1. The van der Waals surface area contributed by atoms with Crippen LogP contribution in [-0.4, -0.2) is 60.1 Å². The molecule has 0 aromatic heterocycles. The minimum atomic E-state index is -2.02. The summed E-state index contributed by atoms with van der Waals surface area (Å²) in [5, 5.41) is 9.51. The summed E-state index contributed by atoms with van der Waals surface area (Å²) in [5.74, 6) is -4.33. The van der Waals surface area contributed by atoms with Crippen LogP contribution in [-0.2, 0) is 19.1 Å². The van der Waals surface area contributed by atoms with Gasteiger partial charge in [0.2, 0.25) is 12.2 Å². The van der Waals surface area contributed by atoms with Gasteiger partial charge in [-0.15, -0.1) is 0 Å². The first-order valence-corrected chi connectivity index (χ1v) is 8.27. The predicted molar refractivity (Wildman–Crippen MR) is 97.6 cm³/mol. The number of carbonyl (C=O) groups excluding carboxylic acids is 3. The first-order valence-electron chi connectivity index (χ1n) is 8.27. The number of nitrogens with zero attached hydrogens (tertiary/aromatic N) is 1. The van der Waals surface area contributed by atoms with Crippen LogP contribution in [0.25, 0.3) is 0 Å². The van der Waals surface area contributed by atoms with Crippen molar-refractivity contribution in [1.29, 1.82) is 0 Å². The van der Waals surface area contributed by atoms with Crippen molar-refractivity contribution in [2.45, 2.75) is 12.2 Å². The van der Waals surface area contributed by atoms with Crippen LogP contribution in [0.5, 0.6) is 0 Å². The SMILES string of the molecule is CN(C)C(=O)C(OC(=O)c1ccccc1)C(OC(=O)c1ccccc1)C(=O)O. The maximum absolute atomic E-state index is 12.5. The maximum Gasteiger partial charge on any atom is 0.349 e. The highest BCUT2D eigenvalue weighted by Crippen LogP contribution is 2.14. The Hall–Kier alpha value is -3.68. The summed E-state index contributed by atoms with van der Waals surface area (Å²) in [6, 6.07) is 15.4. The smallest absolute Gasteiger partial charge is 0.349 e. The van der Waals surface area contributed by atoms with Gasteiger partial charge in [0.1, 0.15) is 0 Å². The van der Waals surface area contributed by atoms with Crippen LogP contribution in [0, 0.1) is 0 Å². The summed E-state index contributed by atoms with van der Waals surface area (Å²) in [6.45, 7) is 0. The molecule has 0 radical (unpaired) electrons. The Morgan fingerprint density at radius 1 is 0.750 bits per heavy atom. The zero-order chi connectivity index (χ0) is 20.7. The van der Waals surface area contributed by atoms with Crippen molar-refractivity contribution in [2.75, 3.05) is 14.1 Å². The van der Waals surface area contributed by atoms with Crippen molar-refractivity contribution in [3.05, 3.63) is 71.8 Å². The normalized spacial score (nSPS) is 12.4. The van der Waals surface area contributed by atoms with E-state index < -0.39 is 36.0 Å². The number of carboxylic acids is 1. The molecule has 0 aliphatic carbocycles. The van der Waals surface area contributed by atoms with Crippen molar-refractivity contribution < 1.29 is 33.8 Å². The second kappa shape index (κ2) is 9.31. The first-order chi connectivity index (χ1) is 13.3. The molecule has 8 nitrogen and oxygen atoms in total. The van der Waals surface area contributed by atoms with Gasteiger partial charge in [0.15, 0.2) is 0 Å². The molecule has 2 aromatic rings. The summed E-state index contributed by atoms with van der Waals surface area (Å²) in [4.78, 5) is 49.8. The van der Waals surface area contributed by atoms with Crippen LogP contribution in [0.15, 0.2) is 60.7 Å². The fraction of sp³-hybridized carbons (Fsp3) is 0.200. The van der Waals surface area contributed by atoms with E-state index in [1.807, 2.05) is 0 Å². The topological polar surface area (TPSA) is 110 Å². The van der Waals surface area contributed by atoms with Gasteiger partial charge in [-0.2, -0.15) is 0 Å². The van der Waals surface area contributed by atoms with Gasteiger partial charge in [-0.1, -0.05) is 36.4 Å². The molecule has 2 atom stereocenters. The molecule has 0 saturated heterocycles. The Morgan fingerprint density at radius 3 is 1.50 bits per heavy atom. The molecular formula is C20H19NO7. The number of carbonyl (C=O) groups is 4. The molecule has 0 heterocycles. The molecule has 1 N–H and O–H groups in total. The molecule has 8 heteroatoms. The van der Waals surface area contributed by atoms with E-state index in [-0.39, 0.29) is 11.1 Å². The number of amides is 1. The predicted octanol–water partition coefficient (Wildman–Crippen LogP) is 1.61. The van der Waals surface area contributed by atoms with Gasteiger partial charge in [-0.05, 0) is 24.3 Å². The van der Waals surface area contributed by atoms with Crippen molar-refractivity contribution in [2.24, 2.45) is 0 Å². The average Bonchev–Trinajstić information content (AvgIpc) is 2.70. The Labute approximate surface area is 161 Å². The second-order valence-electron chi connectivity index (χ2n) is 5.95. The monoisotopic (exact) mass is 385 g/mol. The largest absolute Gasteiger partial charge is 0.478 e. The molecule has 0 fully saturated rings. The van der Waals surface area contributed by atoms with Crippen molar-refractivity contribution in [1.82, 2.24) is 4.90 Å². The number of hydrogen-bond acceptors (Lipinski definition) is 6. The lowest BCUT2D eigenvalue weighted by atomic mass is 10.1. The highest BCUT2D eigenvalue weighted by atomic mass is 16.6. The minimum absolute atomic E-state index is 0.0965. The summed E-state index contributed by atoms with van der Waals surface area (Å²) >= 11 is 0. The number of hydrogen-bond donors (Lipinski definition) is 1. The standard InChI is InChI=1S/C20H19NO7/c1-21(2)17(22)15(27-19(25)13-9-5-3-6-10-13)16(18(23)24)28-20(26)14-11-7-4-8-12-14/h3-12,15-16H,1-2H3,(H,23,24). The van der Waals surface area contributed by atoms with E-state index in [1.54, 1.807) is 36.4 Å². The van der Waals surface area contributed by atoms with E-state index in [4.69, 9.17) is 9.47 Å². The molecule has 0 spiro atoms. The molecule has 2 rings (SSSR count). The first kappa shape index (κ1) is 20.6. The molecule has 0 bridgehead atoms. The highest BCUT2D eigenvalue weighted by molar-refractivity contribution is 5.96. The van der Waals surface area contributed by atoms with Gasteiger partial charge in [-0.3, -0.25) is 4.79 Å². The molecule has 146 valence electrons. The molecule has 2 unspecified atom stereocenters. The van der Waals surface area contributed by atoms with Crippen LogP contribution in [0.2, 0.25) is 0 Å². The number of aliphatic carboxylic acids is 1. The maximum atomic E-state index is 12.5. The molecular weight excluding hydrogens is 366 g/mol. The van der Waals surface area contributed by atoms with Crippen LogP contribution in [0.4, 0.5) is 0 Å². The average molecular weight is 385 g/mol. The number of benzene rings is 2. The van der Waals surface area contributed by atoms with Gasteiger partial charge in [-0.25, -0.2) is 14.4 Å². The Bertz CT molecular complexity index is 849. The summed E-state index contributed by atoms with van der Waals surface area (Å²) in [5.41, 5.74) is 0.219. The van der Waals surface area contributed by atoms with E-state index in [1.165, 1.54) is 38.4 Å². The lowest BCUT2D eigenvalue weighted by Crippen LogP contribution is -2.49. The summed E-state index contributed by atoms with van der Waals surface area (Å²) in [6.07, 6.45) is -3.87. The van der Waals surface area contributed by atoms with Gasteiger partial charge >= 0.3 is 17.9 Å². The van der Waals surface area contributed by atoms with Crippen molar-refractivity contribution in [3.8, 4) is 0 Å². The van der Waals surface area contributed by atoms with E-state index in [0.29, 0.717) is 0 Å². The van der Waals surface area contributed by atoms with Gasteiger partial charge in [0.25, 0.3) is 5.91 Å². The van der Waals surface area contributed by atoms with E-state index in [9.17, 15) is 24.3 Å². The van der Waals surface area contributed by atoms with Gasteiger partial charge in [0.05, 0.1) is 11.1 Å². The molecule has 28 heavy (non-hydrogen) atoms. The summed E-state index contributed by atoms with van der Waals surface area (Å²) < 4.78 is 10.1.